The van der Waals surface area contributed by atoms with E-state index in [-0.39, 0.29) is 12.3 Å². The van der Waals surface area contributed by atoms with Crippen LogP contribution in [0, 0.1) is 5.92 Å². The molecule has 0 aromatic heterocycles. The number of amides is 4. The third-order valence-electron chi connectivity index (χ3n) is 3.24. The first-order valence-electron chi connectivity index (χ1n) is 7.97. The van der Waals surface area contributed by atoms with Gasteiger partial charge in [0.15, 0.2) is 0 Å². The molecule has 0 rings (SSSR count). The van der Waals surface area contributed by atoms with Crippen molar-refractivity contribution in [2.24, 2.45) is 11.7 Å². The molecule has 26 heavy (non-hydrogen) atoms. The molecular weight excluding hydrogens is 348 g/mol. The van der Waals surface area contributed by atoms with Crippen LogP contribution in [-0.4, -0.2) is 64.5 Å². The maximum absolute atomic E-state index is 12.4. The Bertz CT molecular complexity index is 550. The highest BCUT2D eigenvalue weighted by atomic mass is 16.4. The molecule has 11 heteroatoms. The van der Waals surface area contributed by atoms with Gasteiger partial charge in [-0.05, 0) is 12.3 Å². The van der Waals surface area contributed by atoms with Crippen LogP contribution >= 0.6 is 0 Å². The molecule has 0 fully saturated rings. The number of carboxylic acids is 1. The SMILES string of the molecule is CC(=O)N[C@@H](CO)C(=O)N[C@@H](CC(C)C)C(=O)N[C@@H](CC(N)=O)C(=O)O. The van der Waals surface area contributed by atoms with E-state index < -0.39 is 60.8 Å². The van der Waals surface area contributed by atoms with Crippen LogP contribution in [0.1, 0.15) is 33.6 Å². The number of primary amides is 1. The number of carbonyl (C=O) groups excluding carboxylic acids is 4. The maximum atomic E-state index is 12.4. The van der Waals surface area contributed by atoms with Gasteiger partial charge in [-0.1, -0.05) is 13.8 Å². The number of hydrogen-bond donors (Lipinski definition) is 6. The second-order valence-corrected chi connectivity index (χ2v) is 6.20. The minimum absolute atomic E-state index is 0.0428. The molecule has 0 aliphatic heterocycles. The standard InChI is InChI=1S/C15H26N4O7/c1-7(2)4-9(18-14(24)11(6-20)17-8(3)21)13(23)19-10(15(25)26)5-12(16)22/h7,9-11,20H,4-6H2,1-3H3,(H2,16,22)(H,17,21)(H,18,24)(H,19,23)(H,25,26)/t9-,10-,11-/m0/s1. The molecule has 0 spiro atoms. The largest absolute Gasteiger partial charge is 0.480 e. The number of aliphatic hydroxyl groups is 1. The van der Waals surface area contributed by atoms with Crippen molar-refractivity contribution in [3.63, 3.8) is 0 Å². The summed E-state index contributed by atoms with van der Waals surface area (Å²) in [6, 6.07) is -3.91. The van der Waals surface area contributed by atoms with E-state index in [4.69, 9.17) is 10.8 Å². The van der Waals surface area contributed by atoms with Crippen molar-refractivity contribution in [3.05, 3.63) is 0 Å². The lowest BCUT2D eigenvalue weighted by Gasteiger charge is -2.24. The third-order valence-corrected chi connectivity index (χ3v) is 3.24. The summed E-state index contributed by atoms with van der Waals surface area (Å²) in [5.41, 5.74) is 4.96. The summed E-state index contributed by atoms with van der Waals surface area (Å²) in [6.45, 7) is 4.04. The van der Waals surface area contributed by atoms with Gasteiger partial charge >= 0.3 is 5.97 Å². The van der Waals surface area contributed by atoms with Crippen LogP contribution in [0.2, 0.25) is 0 Å². The average molecular weight is 374 g/mol. The molecular formula is C15H26N4O7. The summed E-state index contributed by atoms with van der Waals surface area (Å²) in [6.07, 6.45) is -0.437. The number of aliphatic carboxylic acids is 1. The maximum Gasteiger partial charge on any atom is 0.326 e. The van der Waals surface area contributed by atoms with E-state index in [2.05, 4.69) is 16.0 Å². The van der Waals surface area contributed by atoms with Gasteiger partial charge in [-0.15, -0.1) is 0 Å². The lowest BCUT2D eigenvalue weighted by Crippen LogP contribution is -2.57. The summed E-state index contributed by atoms with van der Waals surface area (Å²) in [5.74, 6) is -4.56. The van der Waals surface area contributed by atoms with E-state index in [0.29, 0.717) is 0 Å². The Morgan fingerprint density at radius 1 is 0.923 bits per heavy atom. The van der Waals surface area contributed by atoms with Crippen LogP contribution in [0.5, 0.6) is 0 Å². The first-order valence-corrected chi connectivity index (χ1v) is 7.97. The molecule has 0 heterocycles. The molecule has 7 N–H and O–H groups in total. The number of nitrogens with one attached hydrogen (secondary N) is 3. The predicted molar refractivity (Wildman–Crippen MR) is 89.5 cm³/mol. The van der Waals surface area contributed by atoms with Crippen LogP contribution in [0.25, 0.3) is 0 Å². The van der Waals surface area contributed by atoms with E-state index in [1.165, 1.54) is 0 Å². The smallest absolute Gasteiger partial charge is 0.326 e. The number of carboxylic acid groups (broad SMARTS) is 1. The summed E-state index contributed by atoms with van der Waals surface area (Å²) in [5, 5.41) is 25.0. The molecule has 0 unspecified atom stereocenters. The third kappa shape index (κ3) is 8.97. The Kier molecular flexibility index (Phi) is 9.89. The van der Waals surface area contributed by atoms with Gasteiger partial charge in [0.1, 0.15) is 18.1 Å². The van der Waals surface area contributed by atoms with Gasteiger partial charge in [0, 0.05) is 6.92 Å². The van der Waals surface area contributed by atoms with Crippen LogP contribution in [-0.2, 0) is 24.0 Å². The molecule has 0 aromatic carbocycles. The van der Waals surface area contributed by atoms with Crippen molar-refractivity contribution in [2.45, 2.75) is 51.7 Å². The molecule has 0 aromatic rings. The Morgan fingerprint density at radius 3 is 1.81 bits per heavy atom. The zero-order valence-corrected chi connectivity index (χ0v) is 14.9. The van der Waals surface area contributed by atoms with E-state index in [9.17, 15) is 29.1 Å². The number of aliphatic hydroxyl groups excluding tert-OH is 1. The quantitative estimate of drug-likeness (QED) is 0.230. The first kappa shape index (κ1) is 23.3. The van der Waals surface area contributed by atoms with Crippen molar-refractivity contribution in [2.75, 3.05) is 6.61 Å². The second kappa shape index (κ2) is 11.0. The van der Waals surface area contributed by atoms with Crippen LogP contribution < -0.4 is 21.7 Å². The van der Waals surface area contributed by atoms with Crippen molar-refractivity contribution in [3.8, 4) is 0 Å². The van der Waals surface area contributed by atoms with E-state index in [1.54, 1.807) is 13.8 Å². The number of carbonyl (C=O) groups is 5. The topological polar surface area (TPSA) is 188 Å². The van der Waals surface area contributed by atoms with Crippen LogP contribution in [0.15, 0.2) is 0 Å². The highest BCUT2D eigenvalue weighted by Crippen LogP contribution is 2.06. The van der Waals surface area contributed by atoms with Crippen molar-refractivity contribution < 1.29 is 34.2 Å². The van der Waals surface area contributed by atoms with E-state index in [0.717, 1.165) is 6.92 Å². The first-order chi connectivity index (χ1) is 12.0. The zero-order chi connectivity index (χ0) is 20.4. The van der Waals surface area contributed by atoms with E-state index >= 15 is 0 Å². The Hall–Kier alpha value is -2.69. The fourth-order valence-corrected chi connectivity index (χ4v) is 2.09. The molecule has 0 aliphatic rings. The zero-order valence-electron chi connectivity index (χ0n) is 14.9. The molecule has 0 aliphatic carbocycles. The number of rotatable bonds is 11. The normalized spacial score (nSPS) is 14.0. The molecule has 0 bridgehead atoms. The van der Waals surface area contributed by atoms with E-state index in [1.807, 2.05) is 0 Å². The minimum atomic E-state index is -1.53. The van der Waals surface area contributed by atoms with Crippen molar-refractivity contribution in [1.82, 2.24) is 16.0 Å². The molecule has 0 saturated carbocycles. The fourth-order valence-electron chi connectivity index (χ4n) is 2.09. The van der Waals surface area contributed by atoms with Gasteiger partial charge in [0.2, 0.25) is 23.6 Å². The van der Waals surface area contributed by atoms with Crippen molar-refractivity contribution in [1.29, 1.82) is 0 Å². The fraction of sp³-hybridized carbons (Fsp3) is 0.667. The summed E-state index contributed by atoms with van der Waals surface area (Å²) < 4.78 is 0. The van der Waals surface area contributed by atoms with Crippen LogP contribution in [0.3, 0.4) is 0 Å². The van der Waals surface area contributed by atoms with Crippen molar-refractivity contribution >= 4 is 29.6 Å². The Labute approximate surface area is 150 Å². The summed E-state index contributed by atoms with van der Waals surface area (Å²) in [7, 11) is 0. The lowest BCUT2D eigenvalue weighted by molar-refractivity contribution is -0.144. The second-order valence-electron chi connectivity index (χ2n) is 6.20. The molecule has 0 saturated heterocycles. The lowest BCUT2D eigenvalue weighted by atomic mass is 10.0. The van der Waals surface area contributed by atoms with Gasteiger partial charge in [-0.25, -0.2) is 4.79 Å². The number of nitrogens with two attached hydrogens (primary N) is 1. The Balaban J connectivity index is 5.19. The van der Waals surface area contributed by atoms with Gasteiger partial charge in [0.25, 0.3) is 0 Å². The van der Waals surface area contributed by atoms with Gasteiger partial charge in [-0.3, -0.25) is 19.2 Å². The van der Waals surface area contributed by atoms with Gasteiger partial charge < -0.3 is 31.9 Å². The molecule has 148 valence electrons. The molecule has 0 radical (unpaired) electrons. The molecule has 3 atom stereocenters. The summed E-state index contributed by atoms with van der Waals surface area (Å²) in [4.78, 5) is 57.6. The highest BCUT2D eigenvalue weighted by molar-refractivity contribution is 5.94. The summed E-state index contributed by atoms with van der Waals surface area (Å²) >= 11 is 0. The van der Waals surface area contributed by atoms with Crippen LogP contribution in [0.4, 0.5) is 0 Å². The average Bonchev–Trinajstić information content (AvgIpc) is 2.49. The van der Waals surface area contributed by atoms with Gasteiger partial charge in [-0.2, -0.15) is 0 Å². The Morgan fingerprint density at radius 2 is 1.42 bits per heavy atom. The number of hydrogen-bond acceptors (Lipinski definition) is 6. The highest BCUT2D eigenvalue weighted by Gasteiger charge is 2.30. The predicted octanol–water partition coefficient (Wildman–Crippen LogP) is -2.54. The monoisotopic (exact) mass is 374 g/mol. The minimum Gasteiger partial charge on any atom is -0.480 e. The van der Waals surface area contributed by atoms with Gasteiger partial charge in [0.05, 0.1) is 13.0 Å². The molecule has 4 amide bonds. The molecule has 11 nitrogen and oxygen atoms in total.